The molecule has 122 valence electrons. The monoisotopic (exact) mass is 328 g/mol. The average Bonchev–Trinajstić information content (AvgIpc) is 3.01. The molecule has 2 aromatic carbocycles. The standard InChI is InChI=1S/C17H14F2N4O/c1-23-17(20-21-22-23)15(10-24)16(11-2-6-13(18)7-3-11)12-4-8-14(19)9-5-12/h2-9,24H,10H2,1H3. The predicted molar refractivity (Wildman–Crippen MR) is 84.6 cm³/mol. The Balaban J connectivity index is 2.28. The highest BCUT2D eigenvalue weighted by molar-refractivity contribution is 5.97. The fourth-order valence-electron chi connectivity index (χ4n) is 2.49. The van der Waals surface area contributed by atoms with E-state index < -0.39 is 0 Å². The number of hydrogen-bond donors (Lipinski definition) is 1. The Morgan fingerprint density at radius 3 is 1.83 bits per heavy atom. The summed E-state index contributed by atoms with van der Waals surface area (Å²) in [5.74, 6) is -0.368. The lowest BCUT2D eigenvalue weighted by atomic mass is 9.92. The van der Waals surface area contributed by atoms with Crippen LogP contribution in [0.4, 0.5) is 8.78 Å². The zero-order valence-electron chi connectivity index (χ0n) is 12.8. The first-order valence-electron chi connectivity index (χ1n) is 7.18. The van der Waals surface area contributed by atoms with Gasteiger partial charge in [0, 0.05) is 12.6 Å². The lowest BCUT2D eigenvalue weighted by Crippen LogP contribution is -2.06. The van der Waals surface area contributed by atoms with Gasteiger partial charge in [0.15, 0.2) is 5.82 Å². The Labute approximate surface area is 136 Å². The van der Waals surface area contributed by atoms with Gasteiger partial charge < -0.3 is 5.11 Å². The quantitative estimate of drug-likeness (QED) is 0.799. The summed E-state index contributed by atoms with van der Waals surface area (Å²) < 4.78 is 28.0. The minimum Gasteiger partial charge on any atom is -0.392 e. The van der Waals surface area contributed by atoms with Gasteiger partial charge in [-0.2, -0.15) is 0 Å². The summed E-state index contributed by atoms with van der Waals surface area (Å²) in [6, 6.07) is 11.7. The van der Waals surface area contributed by atoms with Crippen molar-refractivity contribution in [2.75, 3.05) is 6.61 Å². The average molecular weight is 328 g/mol. The molecule has 3 rings (SSSR count). The molecule has 0 aliphatic heterocycles. The highest BCUT2D eigenvalue weighted by Gasteiger charge is 2.18. The number of benzene rings is 2. The van der Waals surface area contributed by atoms with Crippen LogP contribution in [0.25, 0.3) is 11.1 Å². The zero-order chi connectivity index (χ0) is 17.1. The Bertz CT molecular complexity index is 823. The normalized spacial score (nSPS) is 10.7. The van der Waals surface area contributed by atoms with Gasteiger partial charge in [-0.1, -0.05) is 24.3 Å². The van der Waals surface area contributed by atoms with Crippen LogP contribution < -0.4 is 0 Å². The van der Waals surface area contributed by atoms with E-state index in [2.05, 4.69) is 15.5 Å². The third-order valence-corrected chi connectivity index (χ3v) is 3.62. The first kappa shape index (κ1) is 15.9. The number of rotatable bonds is 4. The topological polar surface area (TPSA) is 63.8 Å². The Hall–Kier alpha value is -2.93. The maximum atomic E-state index is 13.3. The molecule has 0 fully saturated rings. The molecule has 1 N–H and O–H groups in total. The van der Waals surface area contributed by atoms with Crippen LogP contribution in [0.1, 0.15) is 17.0 Å². The largest absolute Gasteiger partial charge is 0.392 e. The van der Waals surface area contributed by atoms with E-state index in [9.17, 15) is 13.9 Å². The number of aryl methyl sites for hydroxylation is 1. The van der Waals surface area contributed by atoms with Gasteiger partial charge in [0.05, 0.1) is 6.61 Å². The van der Waals surface area contributed by atoms with Gasteiger partial charge in [0.2, 0.25) is 0 Å². The van der Waals surface area contributed by atoms with Gasteiger partial charge in [-0.3, -0.25) is 0 Å². The zero-order valence-corrected chi connectivity index (χ0v) is 12.8. The molecule has 0 spiro atoms. The molecule has 1 heterocycles. The molecule has 0 saturated carbocycles. The number of halogens is 2. The highest BCUT2D eigenvalue weighted by Crippen LogP contribution is 2.31. The molecule has 5 nitrogen and oxygen atoms in total. The van der Waals surface area contributed by atoms with Crippen molar-refractivity contribution in [3.8, 4) is 0 Å². The number of hydrogen-bond acceptors (Lipinski definition) is 4. The van der Waals surface area contributed by atoms with Gasteiger partial charge in [-0.25, -0.2) is 13.5 Å². The molecule has 0 radical (unpaired) electrons. The van der Waals surface area contributed by atoms with Crippen molar-refractivity contribution < 1.29 is 13.9 Å². The van der Waals surface area contributed by atoms with E-state index in [-0.39, 0.29) is 18.2 Å². The number of aliphatic hydroxyl groups excluding tert-OH is 1. The molecule has 0 aliphatic rings. The maximum absolute atomic E-state index is 13.3. The second-order valence-corrected chi connectivity index (χ2v) is 5.15. The molecule has 0 unspecified atom stereocenters. The Morgan fingerprint density at radius 2 is 1.46 bits per heavy atom. The van der Waals surface area contributed by atoms with Crippen LogP contribution in [-0.4, -0.2) is 31.9 Å². The van der Waals surface area contributed by atoms with E-state index in [4.69, 9.17) is 0 Å². The van der Waals surface area contributed by atoms with Crippen LogP contribution in [0.15, 0.2) is 48.5 Å². The van der Waals surface area contributed by atoms with Crippen LogP contribution in [0.2, 0.25) is 0 Å². The molecule has 0 amide bonds. The van der Waals surface area contributed by atoms with Crippen molar-refractivity contribution in [3.05, 3.63) is 77.1 Å². The Kier molecular flexibility index (Phi) is 4.43. The minimum atomic E-state index is -0.372. The summed E-state index contributed by atoms with van der Waals surface area (Å²) in [7, 11) is 1.65. The first-order valence-corrected chi connectivity index (χ1v) is 7.18. The van der Waals surface area contributed by atoms with Crippen LogP contribution in [0.5, 0.6) is 0 Å². The fraction of sp³-hybridized carbons (Fsp3) is 0.118. The maximum Gasteiger partial charge on any atom is 0.180 e. The highest BCUT2D eigenvalue weighted by atomic mass is 19.1. The molecule has 7 heteroatoms. The first-order chi connectivity index (χ1) is 11.6. The molecular formula is C17H14F2N4O. The second kappa shape index (κ2) is 6.67. The summed E-state index contributed by atoms with van der Waals surface area (Å²) in [6.45, 7) is -0.335. The molecular weight excluding hydrogens is 314 g/mol. The van der Waals surface area contributed by atoms with Crippen molar-refractivity contribution >= 4 is 11.1 Å². The van der Waals surface area contributed by atoms with E-state index in [1.807, 2.05) is 0 Å². The van der Waals surface area contributed by atoms with Crippen LogP contribution >= 0.6 is 0 Å². The minimum absolute atomic E-state index is 0.335. The third kappa shape index (κ3) is 3.07. The molecule has 0 saturated heterocycles. The third-order valence-electron chi connectivity index (χ3n) is 3.62. The molecule has 3 aromatic rings. The molecule has 0 aliphatic carbocycles. The molecule has 0 bridgehead atoms. The van der Waals surface area contributed by atoms with Gasteiger partial charge in [-0.15, -0.1) is 5.10 Å². The van der Waals surface area contributed by atoms with Crippen molar-refractivity contribution in [1.29, 1.82) is 0 Å². The summed E-state index contributed by atoms with van der Waals surface area (Å²) in [5.41, 5.74) is 2.39. The number of aliphatic hydroxyl groups is 1. The van der Waals surface area contributed by atoms with Gasteiger partial charge >= 0.3 is 0 Å². The summed E-state index contributed by atoms with van der Waals surface area (Å²) in [5, 5.41) is 21.2. The molecule has 0 atom stereocenters. The van der Waals surface area contributed by atoms with E-state index in [1.165, 1.54) is 28.9 Å². The number of tetrazole rings is 1. The Morgan fingerprint density at radius 1 is 0.958 bits per heavy atom. The lowest BCUT2D eigenvalue weighted by molar-refractivity contribution is 0.349. The second-order valence-electron chi connectivity index (χ2n) is 5.15. The molecule has 24 heavy (non-hydrogen) atoms. The van der Waals surface area contributed by atoms with Crippen molar-refractivity contribution in [2.45, 2.75) is 0 Å². The van der Waals surface area contributed by atoms with Crippen molar-refractivity contribution in [2.24, 2.45) is 7.05 Å². The van der Waals surface area contributed by atoms with Gasteiger partial charge in [0.25, 0.3) is 0 Å². The van der Waals surface area contributed by atoms with E-state index in [0.717, 1.165) is 0 Å². The van der Waals surface area contributed by atoms with Crippen molar-refractivity contribution in [3.63, 3.8) is 0 Å². The number of aromatic nitrogens is 4. The van der Waals surface area contributed by atoms with E-state index in [0.29, 0.717) is 28.1 Å². The summed E-state index contributed by atoms with van der Waals surface area (Å²) in [4.78, 5) is 0. The lowest BCUT2D eigenvalue weighted by Gasteiger charge is -2.14. The van der Waals surface area contributed by atoms with Gasteiger partial charge in [-0.05, 0) is 51.4 Å². The predicted octanol–water partition coefficient (Wildman–Crippen LogP) is 2.44. The SMILES string of the molecule is Cn1nnnc1C(CO)=C(c1ccc(F)cc1)c1ccc(F)cc1. The molecule has 1 aromatic heterocycles. The number of nitrogens with zero attached hydrogens (tertiary/aromatic N) is 4. The van der Waals surface area contributed by atoms with E-state index in [1.54, 1.807) is 31.3 Å². The van der Waals surface area contributed by atoms with E-state index >= 15 is 0 Å². The van der Waals surface area contributed by atoms with Crippen molar-refractivity contribution in [1.82, 2.24) is 20.2 Å². The summed E-state index contributed by atoms with van der Waals surface area (Å²) >= 11 is 0. The fourth-order valence-corrected chi connectivity index (χ4v) is 2.49. The van der Waals surface area contributed by atoms with Gasteiger partial charge in [0.1, 0.15) is 11.6 Å². The van der Waals surface area contributed by atoms with Crippen LogP contribution in [0, 0.1) is 11.6 Å². The smallest absolute Gasteiger partial charge is 0.180 e. The summed E-state index contributed by atoms with van der Waals surface area (Å²) in [6.07, 6.45) is 0. The van der Waals surface area contributed by atoms with Crippen LogP contribution in [-0.2, 0) is 7.05 Å². The van der Waals surface area contributed by atoms with Crippen LogP contribution in [0.3, 0.4) is 0 Å².